The molecule has 2 heterocycles. The molecule has 4 amide bonds. The molecule has 5 N–H and O–H groups in total. The minimum absolute atomic E-state index is 0.0186. The molecule has 1 aromatic heterocycles. The number of amides is 4. The van der Waals surface area contributed by atoms with Gasteiger partial charge in [0, 0.05) is 57.1 Å². The molecule has 5 rings (SSSR count). The summed E-state index contributed by atoms with van der Waals surface area (Å²) in [5, 5.41) is 16.4. The molecule has 0 unspecified atom stereocenters. The van der Waals surface area contributed by atoms with E-state index in [9.17, 15) is 14.4 Å². The Morgan fingerprint density at radius 1 is 0.826 bits per heavy atom. The van der Waals surface area contributed by atoms with Crippen molar-refractivity contribution in [2.75, 3.05) is 31.5 Å². The number of fused-ring (bicyclic) bond motifs is 1. The summed E-state index contributed by atoms with van der Waals surface area (Å²) in [6.45, 7) is 2.59. The minimum Gasteiger partial charge on any atom is -0.363 e. The molecule has 2 fully saturated rings. The molecule has 3 aliphatic rings. The number of piperidine rings is 1. The van der Waals surface area contributed by atoms with Gasteiger partial charge in [-0.2, -0.15) is 0 Å². The van der Waals surface area contributed by atoms with Crippen LogP contribution in [0.3, 0.4) is 0 Å². The zero-order chi connectivity index (χ0) is 32.1. The van der Waals surface area contributed by atoms with E-state index in [1.165, 1.54) is 55.6 Å². The van der Waals surface area contributed by atoms with Crippen LogP contribution < -0.4 is 26.6 Å². The maximum Gasteiger partial charge on any atom is 0.323 e. The Kier molecular flexibility index (Phi) is 12.6. The normalized spacial score (nSPS) is 17.2. The van der Waals surface area contributed by atoms with Gasteiger partial charge in [0.2, 0.25) is 5.91 Å². The van der Waals surface area contributed by atoms with Gasteiger partial charge in [-0.3, -0.25) is 14.9 Å². The van der Waals surface area contributed by atoms with Crippen LogP contribution in [0.15, 0.2) is 36.7 Å². The number of benzene rings is 1. The van der Waals surface area contributed by atoms with Gasteiger partial charge in [-0.15, -0.1) is 0 Å². The Morgan fingerprint density at radius 2 is 1.54 bits per heavy atom. The predicted octanol–water partition coefficient (Wildman–Crippen LogP) is 4.09. The molecule has 46 heavy (non-hydrogen) atoms. The molecule has 0 bridgehead atoms. The van der Waals surface area contributed by atoms with Gasteiger partial charge in [0.15, 0.2) is 16.6 Å². The second-order valence-corrected chi connectivity index (χ2v) is 13.2. The molecule has 2 aromatic rings. The fourth-order valence-electron chi connectivity index (χ4n) is 6.65. The number of likely N-dealkylation sites (tertiary alicyclic amines) is 1. The highest BCUT2D eigenvalue weighted by Gasteiger charge is 2.27. The number of rotatable bonds is 12. The molecule has 1 saturated carbocycles. The molecule has 1 saturated heterocycles. The number of hydrogen-bond acceptors (Lipinski definition) is 6. The lowest BCUT2D eigenvalue weighted by atomic mass is 9.96. The maximum absolute atomic E-state index is 13.1. The smallest absolute Gasteiger partial charge is 0.323 e. The largest absolute Gasteiger partial charge is 0.363 e. The van der Waals surface area contributed by atoms with E-state index in [0.29, 0.717) is 38.0 Å². The molecule has 0 spiro atoms. The van der Waals surface area contributed by atoms with Crippen LogP contribution in [0.1, 0.15) is 92.2 Å². The van der Waals surface area contributed by atoms with Crippen LogP contribution in [0.25, 0.3) is 0 Å². The number of carbonyl (C=O) groups excluding carboxylic acids is 3. The van der Waals surface area contributed by atoms with Crippen molar-refractivity contribution in [3.63, 3.8) is 0 Å². The highest BCUT2D eigenvalue weighted by atomic mass is 32.1. The topological polar surface area (TPSA) is 140 Å². The van der Waals surface area contributed by atoms with Crippen LogP contribution in [0, 0.1) is 5.92 Å². The first-order chi connectivity index (χ1) is 22.4. The predicted molar refractivity (Wildman–Crippen MR) is 183 cm³/mol. The van der Waals surface area contributed by atoms with Gasteiger partial charge in [-0.1, -0.05) is 49.9 Å². The molecule has 0 atom stereocenters. The number of aromatic nitrogens is 2. The Balaban J connectivity index is 0.937. The molecule has 0 radical (unpaired) electrons. The Labute approximate surface area is 277 Å². The highest BCUT2D eigenvalue weighted by Crippen LogP contribution is 2.23. The fourth-order valence-corrected chi connectivity index (χ4v) is 6.92. The summed E-state index contributed by atoms with van der Waals surface area (Å²) in [4.78, 5) is 48.7. The molecule has 1 aliphatic heterocycles. The maximum atomic E-state index is 13.1. The van der Waals surface area contributed by atoms with Gasteiger partial charge in [-0.05, 0) is 80.6 Å². The first-order valence-corrected chi connectivity index (χ1v) is 17.4. The zero-order valence-electron chi connectivity index (χ0n) is 26.7. The monoisotopic (exact) mass is 648 g/mol. The summed E-state index contributed by atoms with van der Waals surface area (Å²) in [7, 11) is 0. The number of nitrogens with one attached hydrogen (secondary N) is 5. The summed E-state index contributed by atoms with van der Waals surface area (Å²) in [5.74, 6) is 0.212. The molecular formula is C34H48N8O3S. The molecule has 11 nitrogen and oxygen atoms in total. The van der Waals surface area contributed by atoms with Gasteiger partial charge < -0.3 is 26.2 Å². The van der Waals surface area contributed by atoms with Crippen molar-refractivity contribution in [1.29, 1.82) is 0 Å². The van der Waals surface area contributed by atoms with Crippen molar-refractivity contribution in [2.24, 2.45) is 5.92 Å². The van der Waals surface area contributed by atoms with Crippen molar-refractivity contribution in [3.05, 3.63) is 53.5 Å². The SMILES string of the molecule is O=C(CCCCCNC(=S)NC1CCCCC1)NCC1CCN(C(=O)Nc2nccnc2C(=O)NC2Cc3ccccc3C2)CC1. The molecule has 1 aromatic carbocycles. The van der Waals surface area contributed by atoms with E-state index in [-0.39, 0.29) is 35.4 Å². The van der Waals surface area contributed by atoms with E-state index in [1.54, 1.807) is 4.90 Å². The van der Waals surface area contributed by atoms with E-state index >= 15 is 0 Å². The molecule has 12 heteroatoms. The second-order valence-electron chi connectivity index (χ2n) is 12.8. The van der Waals surface area contributed by atoms with Crippen molar-refractivity contribution < 1.29 is 14.4 Å². The van der Waals surface area contributed by atoms with E-state index < -0.39 is 0 Å². The highest BCUT2D eigenvalue weighted by molar-refractivity contribution is 7.80. The molecule has 248 valence electrons. The fraction of sp³-hybridized carbons (Fsp3) is 0.588. The summed E-state index contributed by atoms with van der Waals surface area (Å²) in [6, 6.07) is 8.38. The van der Waals surface area contributed by atoms with Crippen molar-refractivity contribution in [3.8, 4) is 0 Å². The average Bonchev–Trinajstić information content (AvgIpc) is 3.48. The summed E-state index contributed by atoms with van der Waals surface area (Å²) in [5.41, 5.74) is 2.59. The lowest BCUT2D eigenvalue weighted by Gasteiger charge is -2.32. The second kappa shape index (κ2) is 17.2. The summed E-state index contributed by atoms with van der Waals surface area (Å²) < 4.78 is 0. The van der Waals surface area contributed by atoms with E-state index in [0.717, 1.165) is 56.6 Å². The number of hydrogen-bond donors (Lipinski definition) is 5. The van der Waals surface area contributed by atoms with Crippen LogP contribution in [0.2, 0.25) is 0 Å². The first-order valence-electron chi connectivity index (χ1n) is 17.0. The Bertz CT molecular complexity index is 1320. The number of nitrogens with zero attached hydrogens (tertiary/aromatic N) is 3. The quantitative estimate of drug-likeness (QED) is 0.171. The van der Waals surface area contributed by atoms with Crippen LogP contribution in [0.4, 0.5) is 10.6 Å². The van der Waals surface area contributed by atoms with Crippen LogP contribution in [-0.2, 0) is 17.6 Å². The number of urea groups is 1. The van der Waals surface area contributed by atoms with Gasteiger partial charge in [0.05, 0.1) is 0 Å². The number of anilines is 1. The van der Waals surface area contributed by atoms with Gasteiger partial charge in [0.1, 0.15) is 0 Å². The summed E-state index contributed by atoms with van der Waals surface area (Å²) in [6.07, 6.45) is 15.7. The van der Waals surface area contributed by atoms with Gasteiger partial charge >= 0.3 is 6.03 Å². The zero-order valence-corrected chi connectivity index (χ0v) is 27.5. The third kappa shape index (κ3) is 10.1. The number of carbonyl (C=O) groups is 3. The molecular weight excluding hydrogens is 600 g/mol. The lowest BCUT2D eigenvalue weighted by Crippen LogP contribution is -2.44. The average molecular weight is 649 g/mol. The number of unbranched alkanes of at least 4 members (excludes halogenated alkanes) is 2. The van der Waals surface area contributed by atoms with E-state index in [1.807, 2.05) is 12.1 Å². The lowest BCUT2D eigenvalue weighted by molar-refractivity contribution is -0.121. The third-order valence-corrected chi connectivity index (χ3v) is 9.58. The molecule has 2 aliphatic carbocycles. The van der Waals surface area contributed by atoms with Crippen molar-refractivity contribution in [2.45, 2.75) is 95.6 Å². The van der Waals surface area contributed by atoms with Crippen LogP contribution in [-0.4, -0.2) is 76.1 Å². The standard InChI is InChI=1S/C34H48N8O3S/c43-29(13-5-2-8-16-37-33(46)40-27-11-3-1-4-12-27)38-23-24-14-19-42(20-15-24)34(45)41-31-30(35-17-18-36-31)32(44)39-28-21-25-9-6-7-10-26(25)22-28/h6-7,9-10,17-18,24,27-28H,1-5,8,11-16,19-23H2,(H,38,43)(H,39,44)(H,36,41,45)(H2,37,40,46). The van der Waals surface area contributed by atoms with Crippen LogP contribution in [0.5, 0.6) is 0 Å². The minimum atomic E-state index is -0.349. The van der Waals surface area contributed by atoms with E-state index in [4.69, 9.17) is 12.2 Å². The Hall–Kier alpha value is -3.80. The summed E-state index contributed by atoms with van der Waals surface area (Å²) >= 11 is 5.42. The van der Waals surface area contributed by atoms with Crippen molar-refractivity contribution in [1.82, 2.24) is 36.1 Å². The van der Waals surface area contributed by atoms with Crippen molar-refractivity contribution >= 4 is 41.0 Å². The van der Waals surface area contributed by atoms with Crippen LogP contribution >= 0.6 is 12.2 Å². The van der Waals surface area contributed by atoms with Gasteiger partial charge in [-0.25, -0.2) is 14.8 Å². The Morgan fingerprint density at radius 3 is 2.28 bits per heavy atom. The number of thiocarbonyl (C=S) groups is 1. The van der Waals surface area contributed by atoms with Gasteiger partial charge in [0.25, 0.3) is 5.91 Å². The third-order valence-electron chi connectivity index (χ3n) is 9.32. The first kappa shape index (κ1) is 33.6. The van der Waals surface area contributed by atoms with E-state index in [2.05, 4.69) is 48.7 Å².